The third-order valence-corrected chi connectivity index (χ3v) is 4.56. The van der Waals surface area contributed by atoms with E-state index in [2.05, 4.69) is 22.5 Å². The molecule has 0 saturated carbocycles. The first-order valence-corrected chi connectivity index (χ1v) is 7.48. The number of phenolic OH excluding ortho intramolecular Hbond substituents is 1. The van der Waals surface area contributed by atoms with E-state index in [0.717, 1.165) is 16.7 Å². The number of para-hydroxylation sites is 1. The molecule has 0 bridgehead atoms. The molecular formula is C16H13N3OS. The number of nitrogen functional groups attached to an aromatic ring is 1. The minimum absolute atomic E-state index is 0.187. The summed E-state index contributed by atoms with van der Waals surface area (Å²) < 4.78 is 3.13. The number of aryl methyl sites for hydroxylation is 1. The van der Waals surface area contributed by atoms with Crippen molar-refractivity contribution >= 4 is 32.9 Å². The zero-order chi connectivity index (χ0) is 14.6. The average Bonchev–Trinajstić information content (AvgIpc) is 3.04. The summed E-state index contributed by atoms with van der Waals surface area (Å²) >= 11 is 1.69. The number of hydrogen-bond donors (Lipinski definition) is 2. The first kappa shape index (κ1) is 12.2. The van der Waals surface area contributed by atoms with Crippen molar-refractivity contribution in [1.29, 1.82) is 0 Å². The number of imidazole rings is 1. The van der Waals surface area contributed by atoms with Crippen molar-refractivity contribution in [2.75, 3.05) is 5.73 Å². The summed E-state index contributed by atoms with van der Waals surface area (Å²) in [5.74, 6) is 0.740. The van der Waals surface area contributed by atoms with Crippen LogP contribution in [0, 0.1) is 6.92 Å². The van der Waals surface area contributed by atoms with Gasteiger partial charge in [0.05, 0.1) is 0 Å². The number of nitrogens with two attached hydrogens (primary N) is 1. The van der Waals surface area contributed by atoms with Crippen molar-refractivity contribution < 1.29 is 5.11 Å². The molecular weight excluding hydrogens is 282 g/mol. The van der Waals surface area contributed by atoms with Crippen molar-refractivity contribution in [2.24, 2.45) is 0 Å². The van der Waals surface area contributed by atoms with Crippen LogP contribution in [-0.4, -0.2) is 14.5 Å². The first-order valence-electron chi connectivity index (χ1n) is 6.60. The number of thiophene rings is 1. The number of nitrogens with zero attached hydrogens (tertiary/aromatic N) is 2. The lowest BCUT2D eigenvalue weighted by Crippen LogP contribution is -1.97. The predicted octanol–water partition coefficient (Wildman–Crippen LogP) is 3.81. The van der Waals surface area contributed by atoms with E-state index >= 15 is 0 Å². The number of rotatable bonds is 1. The lowest BCUT2D eigenvalue weighted by Gasteiger charge is -2.04. The molecule has 0 unspecified atom stereocenters. The highest BCUT2D eigenvalue weighted by atomic mass is 32.1. The fourth-order valence-electron chi connectivity index (χ4n) is 2.71. The molecule has 0 radical (unpaired) electrons. The van der Waals surface area contributed by atoms with Crippen LogP contribution in [0.3, 0.4) is 0 Å². The molecule has 0 aliphatic carbocycles. The Morgan fingerprint density at radius 3 is 2.86 bits per heavy atom. The fraction of sp³-hybridized carbons (Fsp3) is 0.0625. The lowest BCUT2D eigenvalue weighted by atomic mass is 10.1. The quantitative estimate of drug-likeness (QED) is 0.561. The predicted molar refractivity (Wildman–Crippen MR) is 86.8 cm³/mol. The van der Waals surface area contributed by atoms with Crippen molar-refractivity contribution in [1.82, 2.24) is 9.38 Å². The Hall–Kier alpha value is -2.53. The maximum atomic E-state index is 10.1. The Balaban J connectivity index is 2.15. The molecule has 0 fully saturated rings. The summed E-state index contributed by atoms with van der Waals surface area (Å²) in [5, 5.41) is 13.2. The zero-order valence-corrected chi connectivity index (χ0v) is 12.2. The summed E-state index contributed by atoms with van der Waals surface area (Å²) in [6.45, 7) is 2.01. The molecule has 5 heteroatoms. The van der Waals surface area contributed by atoms with Gasteiger partial charge in [-0.05, 0) is 36.6 Å². The highest BCUT2D eigenvalue weighted by molar-refractivity contribution is 7.17. The second-order valence-corrected chi connectivity index (χ2v) is 5.95. The monoisotopic (exact) mass is 295 g/mol. The SMILES string of the molecule is Cc1cc2sccc2c2nc(-c3ccccc3O)c(N)n12. The van der Waals surface area contributed by atoms with E-state index in [9.17, 15) is 5.11 Å². The van der Waals surface area contributed by atoms with Gasteiger partial charge in [0.15, 0.2) is 0 Å². The Morgan fingerprint density at radius 1 is 1.24 bits per heavy atom. The third-order valence-electron chi connectivity index (χ3n) is 3.70. The molecule has 0 aliphatic heterocycles. The lowest BCUT2D eigenvalue weighted by molar-refractivity contribution is 0.477. The van der Waals surface area contributed by atoms with Crippen LogP contribution in [-0.2, 0) is 0 Å². The van der Waals surface area contributed by atoms with Gasteiger partial charge in [-0.15, -0.1) is 11.3 Å². The van der Waals surface area contributed by atoms with E-state index in [4.69, 9.17) is 5.73 Å². The maximum absolute atomic E-state index is 10.1. The summed E-state index contributed by atoms with van der Waals surface area (Å²) in [6, 6.07) is 11.3. The van der Waals surface area contributed by atoms with Gasteiger partial charge in [0.1, 0.15) is 22.9 Å². The molecule has 3 heterocycles. The molecule has 0 amide bonds. The van der Waals surface area contributed by atoms with Crippen molar-refractivity contribution in [2.45, 2.75) is 6.92 Å². The van der Waals surface area contributed by atoms with Crippen LogP contribution >= 0.6 is 11.3 Å². The normalized spacial score (nSPS) is 11.5. The maximum Gasteiger partial charge on any atom is 0.148 e. The number of pyridine rings is 1. The van der Waals surface area contributed by atoms with E-state index in [0.29, 0.717) is 17.1 Å². The Labute approximate surface area is 125 Å². The molecule has 4 rings (SSSR count). The van der Waals surface area contributed by atoms with E-state index in [1.165, 1.54) is 4.70 Å². The Morgan fingerprint density at radius 2 is 2.05 bits per heavy atom. The van der Waals surface area contributed by atoms with E-state index < -0.39 is 0 Å². The van der Waals surface area contributed by atoms with E-state index in [-0.39, 0.29) is 5.75 Å². The van der Waals surface area contributed by atoms with Crippen LogP contribution in [0.2, 0.25) is 0 Å². The van der Waals surface area contributed by atoms with Gasteiger partial charge in [0.25, 0.3) is 0 Å². The minimum Gasteiger partial charge on any atom is -0.507 e. The van der Waals surface area contributed by atoms with Gasteiger partial charge in [-0.2, -0.15) is 0 Å². The number of benzene rings is 1. The summed E-state index contributed by atoms with van der Waals surface area (Å²) in [4.78, 5) is 4.69. The van der Waals surface area contributed by atoms with Gasteiger partial charge in [0.2, 0.25) is 0 Å². The molecule has 3 N–H and O–H groups in total. The smallest absolute Gasteiger partial charge is 0.148 e. The van der Waals surface area contributed by atoms with Gasteiger partial charge in [0, 0.05) is 21.3 Å². The number of hydrogen-bond acceptors (Lipinski definition) is 4. The molecule has 0 atom stereocenters. The topological polar surface area (TPSA) is 63.5 Å². The molecule has 4 aromatic rings. The van der Waals surface area contributed by atoms with Gasteiger partial charge in [-0.25, -0.2) is 4.98 Å². The molecule has 104 valence electrons. The van der Waals surface area contributed by atoms with Crippen LogP contribution in [0.4, 0.5) is 5.82 Å². The van der Waals surface area contributed by atoms with Crippen molar-refractivity contribution in [3.8, 4) is 17.0 Å². The Bertz CT molecular complexity index is 984. The third kappa shape index (κ3) is 1.64. The van der Waals surface area contributed by atoms with Crippen LogP contribution in [0.1, 0.15) is 5.69 Å². The molecule has 1 aromatic carbocycles. The molecule has 0 saturated heterocycles. The number of fused-ring (bicyclic) bond motifs is 3. The number of phenols is 1. The fourth-order valence-corrected chi connectivity index (χ4v) is 3.59. The van der Waals surface area contributed by atoms with Gasteiger partial charge in [-0.1, -0.05) is 12.1 Å². The summed E-state index contributed by atoms with van der Waals surface area (Å²) in [6.07, 6.45) is 0. The molecule has 0 spiro atoms. The molecule has 0 aliphatic rings. The number of aromatic nitrogens is 2. The highest BCUT2D eigenvalue weighted by Crippen LogP contribution is 2.36. The summed E-state index contributed by atoms with van der Waals surface area (Å²) in [5.41, 5.74) is 9.44. The minimum atomic E-state index is 0.187. The zero-order valence-electron chi connectivity index (χ0n) is 11.4. The summed E-state index contributed by atoms with van der Waals surface area (Å²) in [7, 11) is 0. The van der Waals surface area contributed by atoms with Gasteiger partial charge < -0.3 is 10.8 Å². The van der Waals surface area contributed by atoms with Crippen molar-refractivity contribution in [3.63, 3.8) is 0 Å². The first-order chi connectivity index (χ1) is 10.2. The largest absolute Gasteiger partial charge is 0.507 e. The number of anilines is 1. The second kappa shape index (κ2) is 4.23. The van der Waals surface area contributed by atoms with Crippen LogP contribution < -0.4 is 5.73 Å². The van der Waals surface area contributed by atoms with E-state index in [1.54, 1.807) is 23.5 Å². The van der Waals surface area contributed by atoms with Crippen LogP contribution in [0.5, 0.6) is 5.75 Å². The molecule has 4 nitrogen and oxygen atoms in total. The van der Waals surface area contributed by atoms with Crippen LogP contribution in [0.15, 0.2) is 41.8 Å². The molecule has 21 heavy (non-hydrogen) atoms. The Kier molecular flexibility index (Phi) is 2.46. The highest BCUT2D eigenvalue weighted by Gasteiger charge is 2.17. The van der Waals surface area contributed by atoms with Crippen molar-refractivity contribution in [3.05, 3.63) is 47.5 Å². The molecule has 3 aromatic heterocycles. The standard InChI is InChI=1S/C16H13N3OS/c1-9-8-13-11(6-7-21-13)16-18-14(15(17)19(9)16)10-4-2-3-5-12(10)20/h2-8,20H,17H2,1H3. The van der Waals surface area contributed by atoms with Gasteiger partial charge in [-0.3, -0.25) is 4.40 Å². The average molecular weight is 295 g/mol. The van der Waals surface area contributed by atoms with E-state index in [1.807, 2.05) is 23.5 Å². The second-order valence-electron chi connectivity index (χ2n) is 5.01. The number of aromatic hydroxyl groups is 1. The van der Waals surface area contributed by atoms with Gasteiger partial charge >= 0.3 is 0 Å². The van der Waals surface area contributed by atoms with Crippen LogP contribution in [0.25, 0.3) is 27.0 Å².